The van der Waals surface area contributed by atoms with E-state index in [2.05, 4.69) is 5.32 Å². The van der Waals surface area contributed by atoms with E-state index in [0.29, 0.717) is 34.3 Å². The number of halogens is 2. The van der Waals surface area contributed by atoms with Crippen molar-refractivity contribution in [1.82, 2.24) is 10.2 Å². The minimum absolute atomic E-state index is 0.0590. The number of carbonyl (C=O) groups is 2. The van der Waals surface area contributed by atoms with E-state index in [9.17, 15) is 18.0 Å². The number of sulfonamides is 1. The molecule has 2 rings (SSSR count). The molecule has 1 unspecified atom stereocenters. The molecule has 0 saturated carbocycles. The molecule has 0 bridgehead atoms. The largest absolute Gasteiger partial charge is 0.354 e. The molecule has 34 heavy (non-hydrogen) atoms. The molecular weight excluding hydrogens is 497 g/mol. The van der Waals surface area contributed by atoms with Gasteiger partial charge in [0.2, 0.25) is 21.8 Å². The van der Waals surface area contributed by atoms with Gasteiger partial charge in [0.05, 0.1) is 22.0 Å². The van der Waals surface area contributed by atoms with Gasteiger partial charge in [-0.1, -0.05) is 61.3 Å². The normalized spacial score (nSPS) is 12.2. The summed E-state index contributed by atoms with van der Waals surface area (Å²) in [7, 11) is -3.78. The van der Waals surface area contributed by atoms with Gasteiger partial charge >= 0.3 is 0 Å². The molecule has 1 N–H and O–H groups in total. The molecule has 1 atom stereocenters. The number of amides is 2. The monoisotopic (exact) mass is 527 g/mol. The topological polar surface area (TPSA) is 86.8 Å². The van der Waals surface area contributed by atoms with Gasteiger partial charge in [0, 0.05) is 13.1 Å². The average molecular weight is 529 g/mol. The highest BCUT2D eigenvalue weighted by Gasteiger charge is 2.30. The van der Waals surface area contributed by atoms with Gasteiger partial charge in [-0.25, -0.2) is 8.42 Å². The Morgan fingerprint density at radius 1 is 1.06 bits per heavy atom. The summed E-state index contributed by atoms with van der Waals surface area (Å²) in [6.45, 7) is 5.55. The summed E-state index contributed by atoms with van der Waals surface area (Å²) in [5.74, 6) is -0.836. The number of nitrogens with one attached hydrogen (secondary N) is 1. The quantitative estimate of drug-likeness (QED) is 0.472. The summed E-state index contributed by atoms with van der Waals surface area (Å²) in [5.41, 5.74) is 1.90. The fourth-order valence-electron chi connectivity index (χ4n) is 3.46. The molecule has 0 spiro atoms. The first-order valence-electron chi connectivity index (χ1n) is 11.1. The van der Waals surface area contributed by atoms with Crippen molar-refractivity contribution in [1.29, 1.82) is 0 Å². The summed E-state index contributed by atoms with van der Waals surface area (Å²) < 4.78 is 26.5. The molecule has 2 aromatic carbocycles. The third kappa shape index (κ3) is 7.35. The van der Waals surface area contributed by atoms with Crippen molar-refractivity contribution in [3.05, 3.63) is 63.6 Å². The van der Waals surface area contributed by atoms with E-state index in [1.165, 1.54) is 4.90 Å². The summed E-state index contributed by atoms with van der Waals surface area (Å²) >= 11 is 12.2. The highest BCUT2D eigenvalue weighted by atomic mass is 35.5. The van der Waals surface area contributed by atoms with Crippen LogP contribution in [0.15, 0.2) is 42.5 Å². The van der Waals surface area contributed by atoms with Crippen LogP contribution in [0.25, 0.3) is 0 Å². The second kappa shape index (κ2) is 12.4. The van der Waals surface area contributed by atoms with Crippen LogP contribution < -0.4 is 9.62 Å². The highest BCUT2D eigenvalue weighted by molar-refractivity contribution is 7.92. The van der Waals surface area contributed by atoms with E-state index in [-0.39, 0.29) is 12.5 Å². The average Bonchev–Trinajstić information content (AvgIpc) is 2.80. The van der Waals surface area contributed by atoms with Crippen LogP contribution in [0.1, 0.15) is 38.3 Å². The first kappa shape index (κ1) is 28.0. The molecule has 0 aromatic heterocycles. The van der Waals surface area contributed by atoms with Crippen LogP contribution >= 0.6 is 23.2 Å². The third-order valence-corrected chi connectivity index (χ3v) is 7.24. The highest BCUT2D eigenvalue weighted by Crippen LogP contribution is 2.26. The lowest BCUT2D eigenvalue weighted by atomic mass is 10.1. The molecule has 0 aliphatic rings. The Kier molecular flexibility index (Phi) is 10.2. The molecule has 0 radical (unpaired) electrons. The number of anilines is 1. The number of para-hydroxylation sites is 1. The van der Waals surface area contributed by atoms with Crippen molar-refractivity contribution < 1.29 is 18.0 Å². The summed E-state index contributed by atoms with van der Waals surface area (Å²) in [4.78, 5) is 27.6. The van der Waals surface area contributed by atoms with Gasteiger partial charge in [-0.2, -0.15) is 0 Å². The molecule has 186 valence electrons. The molecule has 2 amide bonds. The number of carbonyl (C=O) groups excluding carboxylic acids is 2. The van der Waals surface area contributed by atoms with Gasteiger partial charge in [-0.3, -0.25) is 13.9 Å². The zero-order valence-corrected chi connectivity index (χ0v) is 22.2. The van der Waals surface area contributed by atoms with Crippen molar-refractivity contribution in [3.63, 3.8) is 0 Å². The van der Waals surface area contributed by atoms with Crippen molar-refractivity contribution in [2.45, 2.75) is 46.2 Å². The van der Waals surface area contributed by atoms with E-state index >= 15 is 0 Å². The van der Waals surface area contributed by atoms with E-state index in [1.807, 2.05) is 26.0 Å². The zero-order valence-electron chi connectivity index (χ0n) is 19.8. The maximum Gasteiger partial charge on any atom is 0.244 e. The Labute approximate surface area is 212 Å². The number of hydrogen-bond donors (Lipinski definition) is 1. The van der Waals surface area contributed by atoms with Gasteiger partial charge in [0.1, 0.15) is 12.6 Å². The first-order valence-corrected chi connectivity index (χ1v) is 13.7. The van der Waals surface area contributed by atoms with E-state index in [4.69, 9.17) is 23.2 Å². The Hall–Kier alpha value is -2.29. The predicted molar refractivity (Wildman–Crippen MR) is 138 cm³/mol. The number of hydrogen-bond acceptors (Lipinski definition) is 4. The summed E-state index contributed by atoms with van der Waals surface area (Å²) in [6.07, 6.45) is 2.40. The van der Waals surface area contributed by atoms with E-state index < -0.39 is 28.5 Å². The standard InChI is InChI=1S/C24H31Cl2N3O4S/c1-5-13-27-24(31)17(3)28(15-18-11-12-20(25)21(26)14-18)23(30)16-29(34(4,32)33)22-10-8-7-9-19(22)6-2/h7-12,14,17H,5-6,13,15-16H2,1-4H3,(H,27,31). The Balaban J connectivity index is 2.43. The predicted octanol–water partition coefficient (Wildman–Crippen LogP) is 4.27. The Morgan fingerprint density at radius 3 is 2.32 bits per heavy atom. The number of rotatable bonds is 11. The van der Waals surface area contributed by atoms with Crippen molar-refractivity contribution in [2.75, 3.05) is 23.7 Å². The smallest absolute Gasteiger partial charge is 0.244 e. The lowest BCUT2D eigenvalue weighted by Gasteiger charge is -2.32. The van der Waals surface area contributed by atoms with E-state index in [0.717, 1.165) is 22.5 Å². The molecule has 0 aliphatic heterocycles. The fourth-order valence-corrected chi connectivity index (χ4v) is 4.66. The van der Waals surface area contributed by atoms with Crippen LogP contribution in [0.3, 0.4) is 0 Å². The minimum atomic E-state index is -3.78. The van der Waals surface area contributed by atoms with Crippen molar-refractivity contribution >= 4 is 50.7 Å². The van der Waals surface area contributed by atoms with Crippen LogP contribution in [0, 0.1) is 0 Å². The molecule has 0 fully saturated rings. The van der Waals surface area contributed by atoms with Gasteiger partial charge in [-0.05, 0) is 49.1 Å². The number of nitrogens with zero attached hydrogens (tertiary/aromatic N) is 2. The molecule has 2 aromatic rings. The summed E-state index contributed by atoms with van der Waals surface area (Å²) in [5, 5.41) is 3.49. The van der Waals surface area contributed by atoms with Gasteiger partial charge in [-0.15, -0.1) is 0 Å². The van der Waals surface area contributed by atoms with Crippen molar-refractivity contribution in [2.24, 2.45) is 0 Å². The second-order valence-electron chi connectivity index (χ2n) is 7.99. The number of benzene rings is 2. The third-order valence-electron chi connectivity index (χ3n) is 5.37. The maximum atomic E-state index is 13.5. The zero-order chi connectivity index (χ0) is 25.5. The lowest BCUT2D eigenvalue weighted by molar-refractivity contribution is -0.139. The molecule has 10 heteroatoms. The molecule has 0 heterocycles. The number of aryl methyl sites for hydroxylation is 1. The van der Waals surface area contributed by atoms with Crippen LogP contribution in [0.5, 0.6) is 0 Å². The first-order chi connectivity index (χ1) is 16.0. The van der Waals surface area contributed by atoms with Gasteiger partial charge in [0.25, 0.3) is 0 Å². The van der Waals surface area contributed by atoms with Gasteiger partial charge < -0.3 is 10.2 Å². The Bertz CT molecular complexity index is 1120. The molecule has 7 nitrogen and oxygen atoms in total. The fraction of sp³-hybridized carbons (Fsp3) is 0.417. The molecule has 0 saturated heterocycles. The van der Waals surface area contributed by atoms with Crippen LogP contribution in [0.2, 0.25) is 10.0 Å². The molecule has 0 aliphatic carbocycles. The SMILES string of the molecule is CCCNC(=O)C(C)N(Cc1ccc(Cl)c(Cl)c1)C(=O)CN(c1ccccc1CC)S(C)(=O)=O. The van der Waals surface area contributed by atoms with Crippen LogP contribution in [-0.2, 0) is 32.6 Å². The van der Waals surface area contributed by atoms with Crippen LogP contribution in [-0.4, -0.2) is 50.5 Å². The Morgan fingerprint density at radius 2 is 1.74 bits per heavy atom. The van der Waals surface area contributed by atoms with Gasteiger partial charge in [0.15, 0.2) is 0 Å². The van der Waals surface area contributed by atoms with E-state index in [1.54, 1.807) is 37.3 Å². The summed E-state index contributed by atoms with van der Waals surface area (Å²) in [6, 6.07) is 11.2. The van der Waals surface area contributed by atoms with Crippen molar-refractivity contribution in [3.8, 4) is 0 Å². The maximum absolute atomic E-state index is 13.5. The lowest BCUT2D eigenvalue weighted by Crippen LogP contribution is -2.51. The minimum Gasteiger partial charge on any atom is -0.354 e. The second-order valence-corrected chi connectivity index (χ2v) is 10.7. The van der Waals surface area contributed by atoms with Crippen LogP contribution in [0.4, 0.5) is 5.69 Å². The molecular formula is C24H31Cl2N3O4S.